The molecule has 0 spiro atoms. The lowest BCUT2D eigenvalue weighted by Gasteiger charge is -2.27. The van der Waals surface area contributed by atoms with Gasteiger partial charge in [0.15, 0.2) is 17.9 Å². The van der Waals surface area contributed by atoms with Crippen LogP contribution >= 0.6 is 0 Å². The Morgan fingerprint density at radius 3 is 2.04 bits per heavy atom. The van der Waals surface area contributed by atoms with Gasteiger partial charge in [-0.15, -0.1) is 0 Å². The molecular weight excluding hydrogens is 360 g/mol. The van der Waals surface area contributed by atoms with Gasteiger partial charge in [-0.05, 0) is 34.1 Å². The third-order valence-electron chi connectivity index (χ3n) is 5.72. The fourth-order valence-electron chi connectivity index (χ4n) is 4.34. The molecule has 0 aromatic carbocycles. The van der Waals surface area contributed by atoms with Crippen LogP contribution in [0, 0.1) is 0 Å². The van der Waals surface area contributed by atoms with Crippen LogP contribution in [0.3, 0.4) is 0 Å². The zero-order valence-corrected chi connectivity index (χ0v) is 18.4. The van der Waals surface area contributed by atoms with Crippen LogP contribution in [-0.2, 0) is 28.4 Å². The lowest BCUT2D eigenvalue weighted by molar-refractivity contribution is -0.247. The van der Waals surface area contributed by atoms with Gasteiger partial charge < -0.3 is 28.4 Å². The van der Waals surface area contributed by atoms with E-state index in [1.54, 1.807) is 0 Å². The topological polar surface area (TPSA) is 55.4 Å². The van der Waals surface area contributed by atoms with E-state index >= 15 is 0 Å². The van der Waals surface area contributed by atoms with E-state index in [2.05, 4.69) is 6.92 Å². The molecule has 0 unspecified atom stereocenters. The summed E-state index contributed by atoms with van der Waals surface area (Å²) in [6.07, 6.45) is 9.01. The smallest absolute Gasteiger partial charge is 0.187 e. The van der Waals surface area contributed by atoms with Gasteiger partial charge in [0.05, 0.1) is 6.61 Å². The van der Waals surface area contributed by atoms with Gasteiger partial charge in [-0.25, -0.2) is 0 Å². The molecule has 0 aromatic rings. The average molecular weight is 401 g/mol. The summed E-state index contributed by atoms with van der Waals surface area (Å²) < 4.78 is 36.2. The van der Waals surface area contributed by atoms with Gasteiger partial charge in [-0.3, -0.25) is 0 Å². The van der Waals surface area contributed by atoms with E-state index in [1.165, 1.54) is 44.9 Å². The van der Waals surface area contributed by atoms with E-state index in [4.69, 9.17) is 28.4 Å². The molecule has 5 atom stereocenters. The van der Waals surface area contributed by atoms with Crippen molar-refractivity contribution in [1.82, 2.24) is 0 Å². The van der Waals surface area contributed by atoms with E-state index in [-0.39, 0.29) is 24.4 Å². The van der Waals surface area contributed by atoms with E-state index in [9.17, 15) is 0 Å². The van der Waals surface area contributed by atoms with E-state index in [0.29, 0.717) is 13.2 Å². The number of fused-ring (bicyclic) bond motifs is 1. The summed E-state index contributed by atoms with van der Waals surface area (Å²) >= 11 is 0. The predicted molar refractivity (Wildman–Crippen MR) is 106 cm³/mol. The molecule has 28 heavy (non-hydrogen) atoms. The molecular formula is C22H40O6. The van der Waals surface area contributed by atoms with Gasteiger partial charge in [0.1, 0.15) is 24.4 Å². The number of unbranched alkanes of at least 4 members (excludes halogenated alkanes) is 7. The first-order valence-electron chi connectivity index (χ1n) is 11.3. The van der Waals surface area contributed by atoms with Crippen LogP contribution in [0.15, 0.2) is 0 Å². The molecule has 0 amide bonds. The first-order chi connectivity index (χ1) is 13.3. The van der Waals surface area contributed by atoms with Crippen molar-refractivity contribution in [3.8, 4) is 0 Å². The first-order valence-corrected chi connectivity index (χ1v) is 11.3. The molecule has 0 aliphatic carbocycles. The van der Waals surface area contributed by atoms with Crippen molar-refractivity contribution in [3.05, 3.63) is 0 Å². The summed E-state index contributed by atoms with van der Waals surface area (Å²) in [5, 5.41) is 0. The molecule has 6 heteroatoms. The second-order valence-electron chi connectivity index (χ2n) is 9.25. The van der Waals surface area contributed by atoms with Gasteiger partial charge in [-0.2, -0.15) is 0 Å². The normalized spacial score (nSPS) is 36.1. The monoisotopic (exact) mass is 400 g/mol. The highest BCUT2D eigenvalue weighted by atomic mass is 16.8. The van der Waals surface area contributed by atoms with Crippen LogP contribution in [0.2, 0.25) is 0 Å². The van der Waals surface area contributed by atoms with Crippen LogP contribution in [0.1, 0.15) is 86.0 Å². The van der Waals surface area contributed by atoms with Crippen molar-refractivity contribution >= 4 is 0 Å². The zero-order chi connectivity index (χ0) is 20.2. The van der Waals surface area contributed by atoms with Crippen LogP contribution < -0.4 is 0 Å². The Kier molecular flexibility index (Phi) is 7.79. The minimum atomic E-state index is -0.632. The molecule has 0 aromatic heterocycles. The van der Waals surface area contributed by atoms with E-state index < -0.39 is 17.9 Å². The molecule has 3 aliphatic heterocycles. The second-order valence-corrected chi connectivity index (χ2v) is 9.25. The largest absolute Gasteiger partial charge is 0.350 e. The maximum atomic E-state index is 6.19. The minimum Gasteiger partial charge on any atom is -0.350 e. The van der Waals surface area contributed by atoms with Crippen LogP contribution in [-0.4, -0.2) is 55.5 Å². The number of hydrogen-bond acceptors (Lipinski definition) is 6. The molecule has 3 fully saturated rings. The SMILES string of the molecule is CCCCCCCCCCO[C@H]1O[C@H]([C@@H]2COC(C)(C)O2)[C@@H]2OC(C)(C)O[C@H]12. The zero-order valence-electron chi connectivity index (χ0n) is 18.4. The Balaban J connectivity index is 1.42. The highest BCUT2D eigenvalue weighted by Crippen LogP contribution is 2.42. The van der Waals surface area contributed by atoms with E-state index in [0.717, 1.165) is 6.42 Å². The maximum absolute atomic E-state index is 6.19. The summed E-state index contributed by atoms with van der Waals surface area (Å²) in [6.45, 7) is 11.2. The standard InChI is InChI=1S/C22H40O6/c1-6-7-8-9-10-11-12-13-14-23-20-19-18(27-22(4,5)28-19)17(25-20)16-15-24-21(2,3)26-16/h16-20H,6-15H2,1-5H3/t16-,17+,18-,19-,20-/m0/s1. The van der Waals surface area contributed by atoms with Crippen molar-refractivity contribution in [2.45, 2.75) is 128 Å². The number of rotatable bonds is 11. The molecule has 3 aliphatic rings. The fraction of sp³-hybridized carbons (Fsp3) is 1.00. The van der Waals surface area contributed by atoms with Gasteiger partial charge >= 0.3 is 0 Å². The third kappa shape index (κ3) is 5.89. The van der Waals surface area contributed by atoms with Crippen LogP contribution in [0.4, 0.5) is 0 Å². The molecule has 0 radical (unpaired) electrons. The predicted octanol–water partition coefficient (Wildman–Crippen LogP) is 4.54. The molecule has 164 valence electrons. The van der Waals surface area contributed by atoms with Crippen molar-refractivity contribution < 1.29 is 28.4 Å². The highest BCUT2D eigenvalue weighted by molar-refractivity contribution is 4.99. The molecule has 0 saturated carbocycles. The second kappa shape index (κ2) is 9.71. The van der Waals surface area contributed by atoms with Crippen molar-refractivity contribution in [3.63, 3.8) is 0 Å². The summed E-state index contributed by atoms with van der Waals surface area (Å²) in [4.78, 5) is 0. The van der Waals surface area contributed by atoms with Crippen molar-refractivity contribution in [2.24, 2.45) is 0 Å². The van der Waals surface area contributed by atoms with Crippen molar-refractivity contribution in [1.29, 1.82) is 0 Å². The molecule has 3 heterocycles. The summed E-state index contributed by atoms with van der Waals surface area (Å²) in [6, 6.07) is 0. The summed E-state index contributed by atoms with van der Waals surface area (Å²) in [5.74, 6) is -1.22. The molecule has 0 bridgehead atoms. The Labute approximate surface area is 170 Å². The summed E-state index contributed by atoms with van der Waals surface area (Å²) in [5.41, 5.74) is 0. The average Bonchev–Trinajstić information content (AvgIpc) is 3.24. The van der Waals surface area contributed by atoms with E-state index in [1.807, 2.05) is 27.7 Å². The molecule has 0 N–H and O–H groups in total. The number of ether oxygens (including phenoxy) is 6. The molecule has 3 rings (SSSR count). The Morgan fingerprint density at radius 2 is 1.39 bits per heavy atom. The lowest BCUT2D eigenvalue weighted by atomic mass is 10.1. The Morgan fingerprint density at radius 1 is 0.750 bits per heavy atom. The van der Waals surface area contributed by atoms with Crippen LogP contribution in [0.5, 0.6) is 0 Å². The lowest BCUT2D eigenvalue weighted by Crippen LogP contribution is -2.40. The quantitative estimate of drug-likeness (QED) is 0.475. The Bertz CT molecular complexity index is 480. The summed E-state index contributed by atoms with van der Waals surface area (Å²) in [7, 11) is 0. The molecule has 6 nitrogen and oxygen atoms in total. The first kappa shape index (κ1) is 22.4. The maximum Gasteiger partial charge on any atom is 0.187 e. The van der Waals surface area contributed by atoms with Gasteiger partial charge in [0.25, 0.3) is 0 Å². The van der Waals surface area contributed by atoms with Gasteiger partial charge in [-0.1, -0.05) is 51.9 Å². The van der Waals surface area contributed by atoms with Crippen LogP contribution in [0.25, 0.3) is 0 Å². The Hall–Kier alpha value is -0.240. The number of hydrogen-bond donors (Lipinski definition) is 0. The van der Waals surface area contributed by atoms with Gasteiger partial charge in [0, 0.05) is 6.61 Å². The fourth-order valence-corrected chi connectivity index (χ4v) is 4.34. The van der Waals surface area contributed by atoms with Crippen molar-refractivity contribution in [2.75, 3.05) is 13.2 Å². The minimum absolute atomic E-state index is 0.170. The third-order valence-corrected chi connectivity index (χ3v) is 5.72. The molecule has 3 saturated heterocycles. The highest BCUT2D eigenvalue weighted by Gasteiger charge is 2.59. The van der Waals surface area contributed by atoms with Gasteiger partial charge in [0.2, 0.25) is 0 Å².